The maximum atomic E-state index is 6.16. The lowest BCUT2D eigenvalue weighted by Gasteiger charge is -2.33. The molecule has 1 aliphatic heterocycles. The zero-order chi connectivity index (χ0) is 19.4. The van der Waals surface area contributed by atoms with E-state index in [0.717, 1.165) is 29.4 Å². The van der Waals surface area contributed by atoms with Gasteiger partial charge in [0.05, 0.1) is 23.4 Å². The van der Waals surface area contributed by atoms with Gasteiger partial charge in [0.25, 0.3) is 0 Å². The van der Waals surface area contributed by atoms with Gasteiger partial charge in [0, 0.05) is 23.3 Å². The normalized spacial score (nSPS) is 12.7. The van der Waals surface area contributed by atoms with E-state index in [-0.39, 0.29) is 0 Å². The van der Waals surface area contributed by atoms with Crippen LogP contribution in [-0.4, -0.2) is 4.57 Å². The zero-order valence-corrected chi connectivity index (χ0v) is 16.2. The number of hydrogen-bond acceptors (Lipinski definition) is 2. The number of benzene rings is 4. The highest BCUT2D eigenvalue weighted by atomic mass is 16.5. The zero-order valence-electron chi connectivity index (χ0n) is 16.2. The molecule has 1 aromatic heterocycles. The molecule has 0 bridgehead atoms. The first-order valence-corrected chi connectivity index (χ1v) is 9.90. The molecule has 0 spiro atoms. The van der Waals surface area contributed by atoms with E-state index < -0.39 is 0 Å². The van der Waals surface area contributed by atoms with Crippen LogP contribution >= 0.6 is 0 Å². The van der Waals surface area contributed by atoms with Crippen LogP contribution in [0.25, 0.3) is 21.8 Å². The molecule has 0 fully saturated rings. The van der Waals surface area contributed by atoms with Crippen molar-refractivity contribution in [3.8, 4) is 11.5 Å². The van der Waals surface area contributed by atoms with Crippen LogP contribution in [0.5, 0.6) is 11.5 Å². The summed E-state index contributed by atoms with van der Waals surface area (Å²) in [6.45, 7) is 0.777. The average Bonchev–Trinajstić information content (AvgIpc) is 3.07. The Balaban J connectivity index is 1.56. The van der Waals surface area contributed by atoms with Gasteiger partial charge in [-0.15, -0.1) is 0 Å². The van der Waals surface area contributed by atoms with Crippen LogP contribution in [0.4, 0.5) is 11.4 Å². The molecular weight excluding hydrogens is 356 g/mol. The highest BCUT2D eigenvalue weighted by Gasteiger charge is 2.25. The van der Waals surface area contributed by atoms with Gasteiger partial charge in [-0.05, 0) is 35.9 Å². The maximum Gasteiger partial charge on any atom is 0.151 e. The minimum Gasteiger partial charge on any atom is -0.453 e. The Hall–Kier alpha value is -3.72. The standard InChI is InChI=1S/C26H20N2O/c1-27-21-12-3-2-10-19(21)20-11-8-9-18(26(20)27)17-28-22-13-4-6-15-24(22)29-25-16-7-5-14-23(25)28/h2-16H,17H2,1H3. The van der Waals surface area contributed by atoms with E-state index in [1.165, 1.54) is 27.4 Å². The van der Waals surface area contributed by atoms with Crippen molar-refractivity contribution in [2.45, 2.75) is 6.54 Å². The van der Waals surface area contributed by atoms with E-state index in [9.17, 15) is 0 Å². The number of aryl methyl sites for hydroxylation is 1. The van der Waals surface area contributed by atoms with Crippen molar-refractivity contribution in [1.82, 2.24) is 4.57 Å². The summed E-state index contributed by atoms with van der Waals surface area (Å²) >= 11 is 0. The van der Waals surface area contributed by atoms with E-state index >= 15 is 0 Å². The van der Waals surface area contributed by atoms with Gasteiger partial charge in [-0.1, -0.05) is 60.7 Å². The smallest absolute Gasteiger partial charge is 0.151 e. The summed E-state index contributed by atoms with van der Waals surface area (Å²) in [5.74, 6) is 1.80. The SMILES string of the molecule is Cn1c2ccccc2c2cccc(CN3c4ccccc4Oc4ccccc43)c21. The Bertz CT molecular complexity index is 1340. The van der Waals surface area contributed by atoms with Crippen molar-refractivity contribution in [3.63, 3.8) is 0 Å². The van der Waals surface area contributed by atoms with E-state index in [2.05, 4.69) is 83.2 Å². The second-order valence-corrected chi connectivity index (χ2v) is 7.51. The molecule has 0 N–H and O–H groups in total. The minimum absolute atomic E-state index is 0.777. The largest absolute Gasteiger partial charge is 0.453 e. The summed E-state index contributed by atoms with van der Waals surface area (Å²) in [6, 6.07) is 31.8. The monoisotopic (exact) mass is 376 g/mol. The minimum atomic E-state index is 0.777. The van der Waals surface area contributed by atoms with Crippen LogP contribution in [0, 0.1) is 0 Å². The summed E-state index contributed by atoms with van der Waals surface area (Å²) in [6.07, 6.45) is 0. The Kier molecular flexibility index (Phi) is 3.44. The fourth-order valence-corrected chi connectivity index (χ4v) is 4.57. The molecule has 2 heterocycles. The van der Waals surface area contributed by atoms with Crippen molar-refractivity contribution in [2.75, 3.05) is 4.90 Å². The van der Waals surface area contributed by atoms with Crippen LogP contribution < -0.4 is 9.64 Å². The van der Waals surface area contributed by atoms with Gasteiger partial charge in [-0.2, -0.15) is 0 Å². The molecule has 0 unspecified atom stereocenters. The van der Waals surface area contributed by atoms with Crippen molar-refractivity contribution in [1.29, 1.82) is 0 Å². The summed E-state index contributed by atoms with van der Waals surface area (Å²) in [7, 11) is 2.16. The molecule has 3 heteroatoms. The molecule has 6 rings (SSSR count). The fourth-order valence-electron chi connectivity index (χ4n) is 4.57. The third-order valence-electron chi connectivity index (χ3n) is 5.87. The number of para-hydroxylation sites is 6. The van der Waals surface area contributed by atoms with Crippen molar-refractivity contribution in [3.05, 3.63) is 96.6 Å². The molecule has 29 heavy (non-hydrogen) atoms. The molecular formula is C26H20N2O. The predicted molar refractivity (Wildman–Crippen MR) is 119 cm³/mol. The molecule has 0 amide bonds. The fraction of sp³-hybridized carbons (Fsp3) is 0.0769. The van der Waals surface area contributed by atoms with Crippen LogP contribution in [0.3, 0.4) is 0 Å². The van der Waals surface area contributed by atoms with Gasteiger partial charge in [0.1, 0.15) is 0 Å². The molecule has 1 aliphatic rings. The first-order valence-electron chi connectivity index (χ1n) is 9.90. The molecule has 3 nitrogen and oxygen atoms in total. The first-order chi connectivity index (χ1) is 14.3. The van der Waals surface area contributed by atoms with Crippen LogP contribution in [-0.2, 0) is 13.6 Å². The number of aromatic nitrogens is 1. The van der Waals surface area contributed by atoms with Gasteiger partial charge in [0.2, 0.25) is 0 Å². The highest BCUT2D eigenvalue weighted by Crippen LogP contribution is 2.47. The highest BCUT2D eigenvalue weighted by molar-refractivity contribution is 6.09. The van der Waals surface area contributed by atoms with E-state index in [1.807, 2.05) is 24.3 Å². The molecule has 0 radical (unpaired) electrons. The topological polar surface area (TPSA) is 17.4 Å². The molecule has 0 saturated heterocycles. The molecule has 0 aliphatic carbocycles. The quantitative estimate of drug-likeness (QED) is 0.338. The number of nitrogens with zero attached hydrogens (tertiary/aromatic N) is 2. The summed E-state index contributed by atoms with van der Waals surface area (Å²) in [4.78, 5) is 2.36. The first kappa shape index (κ1) is 16.3. The van der Waals surface area contributed by atoms with Crippen LogP contribution in [0.2, 0.25) is 0 Å². The molecule has 140 valence electrons. The van der Waals surface area contributed by atoms with Crippen molar-refractivity contribution in [2.24, 2.45) is 7.05 Å². The Labute approximate surface area is 169 Å². The maximum absolute atomic E-state index is 6.16. The van der Waals surface area contributed by atoms with Crippen molar-refractivity contribution < 1.29 is 4.74 Å². The lowest BCUT2D eigenvalue weighted by Crippen LogP contribution is -2.21. The summed E-state index contributed by atoms with van der Waals surface area (Å²) in [5.41, 5.74) is 6.05. The van der Waals surface area contributed by atoms with Gasteiger partial charge in [-0.25, -0.2) is 0 Å². The van der Waals surface area contributed by atoms with Gasteiger partial charge in [0.15, 0.2) is 11.5 Å². The number of ether oxygens (including phenoxy) is 1. The average molecular weight is 376 g/mol. The second kappa shape index (κ2) is 6.14. The molecule has 4 aromatic carbocycles. The summed E-state index contributed by atoms with van der Waals surface area (Å²) in [5, 5.41) is 2.60. The van der Waals surface area contributed by atoms with E-state index in [4.69, 9.17) is 4.74 Å². The van der Waals surface area contributed by atoms with Crippen molar-refractivity contribution >= 4 is 33.2 Å². The van der Waals surface area contributed by atoms with Gasteiger partial charge in [-0.3, -0.25) is 0 Å². The number of anilines is 2. The predicted octanol–water partition coefficient (Wildman–Crippen LogP) is 6.78. The van der Waals surface area contributed by atoms with Gasteiger partial charge < -0.3 is 14.2 Å². The third-order valence-corrected chi connectivity index (χ3v) is 5.87. The lowest BCUT2D eigenvalue weighted by molar-refractivity contribution is 0.473. The Morgan fingerprint density at radius 3 is 2.03 bits per heavy atom. The van der Waals surface area contributed by atoms with Crippen LogP contribution in [0.1, 0.15) is 5.56 Å². The number of fused-ring (bicyclic) bond motifs is 5. The Morgan fingerprint density at radius 2 is 1.28 bits per heavy atom. The van der Waals surface area contributed by atoms with Crippen LogP contribution in [0.15, 0.2) is 91.0 Å². The van der Waals surface area contributed by atoms with E-state index in [1.54, 1.807) is 0 Å². The second-order valence-electron chi connectivity index (χ2n) is 7.51. The van der Waals surface area contributed by atoms with Gasteiger partial charge >= 0.3 is 0 Å². The van der Waals surface area contributed by atoms with E-state index in [0.29, 0.717) is 0 Å². The molecule has 0 atom stereocenters. The Morgan fingerprint density at radius 1 is 0.655 bits per heavy atom. The number of hydrogen-bond donors (Lipinski definition) is 0. The third kappa shape index (κ3) is 2.37. The molecule has 5 aromatic rings. The number of rotatable bonds is 2. The summed E-state index contributed by atoms with van der Waals surface area (Å²) < 4.78 is 8.48. The molecule has 0 saturated carbocycles. The lowest BCUT2D eigenvalue weighted by atomic mass is 10.1.